The fourth-order valence-electron chi connectivity index (χ4n) is 1.68. The van der Waals surface area contributed by atoms with Gasteiger partial charge in [-0.05, 0) is 24.6 Å². The number of aromatic nitrogens is 1. The Balaban J connectivity index is 2.57. The molecule has 0 saturated heterocycles. The molecule has 0 amide bonds. The zero-order valence-electron chi connectivity index (χ0n) is 10.1. The van der Waals surface area contributed by atoms with Crippen molar-refractivity contribution in [3.05, 3.63) is 28.8 Å². The standard InChI is InChI=1S/C13H18N2S/c1-13(2,3)12-15-11-9(7-8-14)5-4-6-10(11)16-12/h4-6H,7-8,14H2,1-3H3. The van der Waals surface area contributed by atoms with E-state index in [9.17, 15) is 0 Å². The monoisotopic (exact) mass is 234 g/mol. The molecule has 86 valence electrons. The SMILES string of the molecule is CC(C)(C)c1nc2c(CCN)cccc2s1. The van der Waals surface area contributed by atoms with Crippen LogP contribution in [0.2, 0.25) is 0 Å². The summed E-state index contributed by atoms with van der Waals surface area (Å²) in [6.45, 7) is 7.29. The maximum absolute atomic E-state index is 5.62. The summed E-state index contributed by atoms with van der Waals surface area (Å²) in [6, 6.07) is 6.36. The first-order chi connectivity index (χ1) is 7.52. The van der Waals surface area contributed by atoms with Crippen LogP contribution < -0.4 is 5.73 Å². The van der Waals surface area contributed by atoms with E-state index < -0.39 is 0 Å². The number of rotatable bonds is 2. The third kappa shape index (κ3) is 2.11. The molecular weight excluding hydrogens is 216 g/mol. The molecule has 1 aromatic carbocycles. The number of nitrogens with zero attached hydrogens (tertiary/aromatic N) is 1. The predicted molar refractivity (Wildman–Crippen MR) is 71.1 cm³/mol. The highest BCUT2D eigenvalue weighted by molar-refractivity contribution is 7.18. The number of hydrogen-bond acceptors (Lipinski definition) is 3. The number of nitrogens with two attached hydrogens (primary N) is 1. The second kappa shape index (κ2) is 4.15. The molecule has 0 fully saturated rings. The second-order valence-corrected chi connectivity index (χ2v) is 6.10. The Morgan fingerprint density at radius 2 is 2.06 bits per heavy atom. The molecule has 16 heavy (non-hydrogen) atoms. The highest BCUT2D eigenvalue weighted by Crippen LogP contribution is 2.32. The molecule has 0 spiro atoms. The van der Waals surface area contributed by atoms with Crippen LogP contribution in [-0.2, 0) is 11.8 Å². The van der Waals surface area contributed by atoms with Gasteiger partial charge in [-0.3, -0.25) is 0 Å². The van der Waals surface area contributed by atoms with Gasteiger partial charge in [-0.2, -0.15) is 0 Å². The average molecular weight is 234 g/mol. The molecule has 0 radical (unpaired) electrons. The second-order valence-electron chi connectivity index (χ2n) is 5.07. The predicted octanol–water partition coefficient (Wildman–Crippen LogP) is 3.10. The third-order valence-electron chi connectivity index (χ3n) is 2.56. The van der Waals surface area contributed by atoms with Crippen LogP contribution in [0.15, 0.2) is 18.2 Å². The van der Waals surface area contributed by atoms with Gasteiger partial charge in [0, 0.05) is 5.41 Å². The normalized spacial score (nSPS) is 12.2. The van der Waals surface area contributed by atoms with Gasteiger partial charge in [0.1, 0.15) is 0 Å². The number of hydrogen-bond donors (Lipinski definition) is 1. The highest BCUT2D eigenvalue weighted by Gasteiger charge is 2.19. The summed E-state index contributed by atoms with van der Waals surface area (Å²) < 4.78 is 1.27. The first-order valence-electron chi connectivity index (χ1n) is 5.61. The third-order valence-corrected chi connectivity index (χ3v) is 4.00. The van der Waals surface area contributed by atoms with Gasteiger partial charge in [-0.25, -0.2) is 4.98 Å². The quantitative estimate of drug-likeness (QED) is 0.867. The number of thiazole rings is 1. The van der Waals surface area contributed by atoms with E-state index in [0.717, 1.165) is 11.9 Å². The number of para-hydroxylation sites is 1. The molecule has 2 rings (SSSR count). The average Bonchev–Trinajstić information content (AvgIpc) is 2.62. The number of benzene rings is 1. The van der Waals surface area contributed by atoms with Crippen molar-refractivity contribution in [2.45, 2.75) is 32.6 Å². The minimum absolute atomic E-state index is 0.129. The van der Waals surface area contributed by atoms with Gasteiger partial charge in [0.25, 0.3) is 0 Å². The topological polar surface area (TPSA) is 38.9 Å². The van der Waals surface area contributed by atoms with Gasteiger partial charge in [-0.1, -0.05) is 32.9 Å². The van der Waals surface area contributed by atoms with Crippen molar-refractivity contribution in [3.8, 4) is 0 Å². The molecule has 1 aromatic heterocycles. The minimum atomic E-state index is 0.129. The van der Waals surface area contributed by atoms with Crippen LogP contribution >= 0.6 is 11.3 Å². The molecule has 0 aliphatic carbocycles. The van der Waals surface area contributed by atoms with Crippen LogP contribution in [0.25, 0.3) is 10.2 Å². The van der Waals surface area contributed by atoms with Crippen molar-refractivity contribution in [3.63, 3.8) is 0 Å². The van der Waals surface area contributed by atoms with E-state index in [2.05, 4.69) is 39.0 Å². The van der Waals surface area contributed by atoms with Crippen LogP contribution in [-0.4, -0.2) is 11.5 Å². The molecule has 3 heteroatoms. The van der Waals surface area contributed by atoms with Crippen LogP contribution in [0.4, 0.5) is 0 Å². The summed E-state index contributed by atoms with van der Waals surface area (Å²) in [5.41, 5.74) is 8.16. The summed E-state index contributed by atoms with van der Waals surface area (Å²) in [5, 5.41) is 1.20. The molecule has 0 unspecified atom stereocenters. The lowest BCUT2D eigenvalue weighted by Gasteiger charge is -2.13. The molecule has 2 N–H and O–H groups in total. The van der Waals surface area contributed by atoms with Gasteiger partial charge in [0.15, 0.2) is 0 Å². The van der Waals surface area contributed by atoms with Crippen molar-refractivity contribution in [2.24, 2.45) is 5.73 Å². The first kappa shape index (κ1) is 11.6. The smallest absolute Gasteiger partial charge is 0.0992 e. The minimum Gasteiger partial charge on any atom is -0.330 e. The Bertz CT molecular complexity index is 494. The Morgan fingerprint density at radius 3 is 2.69 bits per heavy atom. The highest BCUT2D eigenvalue weighted by atomic mass is 32.1. The zero-order valence-corrected chi connectivity index (χ0v) is 10.9. The van der Waals surface area contributed by atoms with E-state index >= 15 is 0 Å². The van der Waals surface area contributed by atoms with E-state index in [0.29, 0.717) is 6.54 Å². The lowest BCUT2D eigenvalue weighted by Crippen LogP contribution is -2.10. The lowest BCUT2D eigenvalue weighted by atomic mass is 9.98. The maximum Gasteiger partial charge on any atom is 0.0992 e. The fourth-order valence-corrected chi connectivity index (χ4v) is 2.76. The zero-order chi connectivity index (χ0) is 11.8. The molecular formula is C13H18N2S. The van der Waals surface area contributed by atoms with Crippen molar-refractivity contribution in [1.29, 1.82) is 0 Å². The van der Waals surface area contributed by atoms with Crippen molar-refractivity contribution >= 4 is 21.6 Å². The summed E-state index contributed by atoms with van der Waals surface area (Å²) in [7, 11) is 0. The van der Waals surface area contributed by atoms with Crippen LogP contribution in [0.3, 0.4) is 0 Å². The summed E-state index contributed by atoms with van der Waals surface area (Å²) in [5.74, 6) is 0. The van der Waals surface area contributed by atoms with Crippen molar-refractivity contribution < 1.29 is 0 Å². The van der Waals surface area contributed by atoms with Crippen molar-refractivity contribution in [2.75, 3.05) is 6.54 Å². The van der Waals surface area contributed by atoms with E-state index in [4.69, 9.17) is 10.7 Å². The molecule has 0 aliphatic heterocycles. The van der Waals surface area contributed by atoms with Crippen molar-refractivity contribution in [1.82, 2.24) is 4.98 Å². The Morgan fingerprint density at radius 1 is 1.31 bits per heavy atom. The molecule has 0 atom stereocenters. The van der Waals surface area contributed by atoms with Gasteiger partial charge in [0.2, 0.25) is 0 Å². The molecule has 1 heterocycles. The van der Waals surface area contributed by atoms with Gasteiger partial charge >= 0.3 is 0 Å². The van der Waals surface area contributed by atoms with Crippen LogP contribution in [0, 0.1) is 0 Å². The largest absolute Gasteiger partial charge is 0.330 e. The van der Waals surface area contributed by atoms with E-state index in [-0.39, 0.29) is 5.41 Å². The molecule has 2 nitrogen and oxygen atoms in total. The molecule has 2 aromatic rings. The lowest BCUT2D eigenvalue weighted by molar-refractivity contribution is 0.587. The Labute approximate surface area is 101 Å². The van der Waals surface area contributed by atoms with E-state index in [1.807, 2.05) is 0 Å². The molecule has 0 aliphatic rings. The molecule has 0 bridgehead atoms. The summed E-state index contributed by atoms with van der Waals surface area (Å²) in [6.07, 6.45) is 0.907. The summed E-state index contributed by atoms with van der Waals surface area (Å²) >= 11 is 1.79. The first-order valence-corrected chi connectivity index (χ1v) is 6.43. The Kier molecular flexibility index (Phi) is 3.00. The van der Waals surface area contributed by atoms with Crippen LogP contribution in [0.1, 0.15) is 31.3 Å². The maximum atomic E-state index is 5.62. The van der Waals surface area contributed by atoms with E-state index in [1.165, 1.54) is 15.3 Å². The molecule has 0 saturated carbocycles. The van der Waals surface area contributed by atoms with Gasteiger partial charge in [0.05, 0.1) is 15.2 Å². The Hall–Kier alpha value is -0.930. The van der Waals surface area contributed by atoms with Gasteiger partial charge in [-0.15, -0.1) is 11.3 Å². The fraction of sp³-hybridized carbons (Fsp3) is 0.462. The number of fused-ring (bicyclic) bond motifs is 1. The van der Waals surface area contributed by atoms with Gasteiger partial charge < -0.3 is 5.73 Å². The van der Waals surface area contributed by atoms with Crippen LogP contribution in [0.5, 0.6) is 0 Å². The summed E-state index contributed by atoms with van der Waals surface area (Å²) in [4.78, 5) is 4.77. The van der Waals surface area contributed by atoms with E-state index in [1.54, 1.807) is 11.3 Å².